The Morgan fingerprint density at radius 3 is 2.43 bits per heavy atom. The SMILES string of the molecule is COC(=O)CCN(C)C(=O)c1ccc(C)c(S(=O)(=O)NCc2ccccc2)c1. The summed E-state index contributed by atoms with van der Waals surface area (Å²) in [5, 5.41) is 0. The molecule has 1 N–H and O–H groups in total. The highest BCUT2D eigenvalue weighted by Crippen LogP contribution is 2.18. The summed E-state index contributed by atoms with van der Waals surface area (Å²) >= 11 is 0. The Morgan fingerprint density at radius 2 is 1.79 bits per heavy atom. The molecule has 0 bridgehead atoms. The molecule has 2 aromatic rings. The van der Waals surface area contributed by atoms with Crippen LogP contribution in [0.1, 0.15) is 27.9 Å². The number of nitrogens with zero attached hydrogens (tertiary/aromatic N) is 1. The quantitative estimate of drug-likeness (QED) is 0.680. The molecular weight excluding hydrogens is 380 g/mol. The first-order chi connectivity index (χ1) is 13.2. The van der Waals surface area contributed by atoms with Gasteiger partial charge in [0.2, 0.25) is 10.0 Å². The van der Waals surface area contributed by atoms with E-state index in [9.17, 15) is 18.0 Å². The normalized spacial score (nSPS) is 11.1. The molecule has 0 heterocycles. The van der Waals surface area contributed by atoms with Crippen LogP contribution in [0.3, 0.4) is 0 Å². The number of aryl methyl sites for hydroxylation is 1. The molecule has 150 valence electrons. The number of methoxy groups -OCH3 is 1. The van der Waals surface area contributed by atoms with Crippen molar-refractivity contribution in [3.8, 4) is 0 Å². The Bertz CT molecular complexity index is 942. The van der Waals surface area contributed by atoms with Gasteiger partial charge < -0.3 is 9.64 Å². The van der Waals surface area contributed by atoms with Gasteiger partial charge >= 0.3 is 5.97 Å². The minimum atomic E-state index is -3.80. The maximum atomic E-state index is 12.7. The maximum absolute atomic E-state index is 12.7. The lowest BCUT2D eigenvalue weighted by Gasteiger charge is -2.17. The number of carbonyl (C=O) groups excluding carboxylic acids is 2. The van der Waals surface area contributed by atoms with Crippen molar-refractivity contribution in [1.82, 2.24) is 9.62 Å². The number of rotatable bonds is 8. The molecule has 0 saturated heterocycles. The third kappa shape index (κ3) is 5.64. The first-order valence-corrected chi connectivity index (χ1v) is 10.2. The predicted octanol–water partition coefficient (Wildman–Crippen LogP) is 2.11. The van der Waals surface area contributed by atoms with Crippen molar-refractivity contribution in [2.75, 3.05) is 20.7 Å². The molecule has 0 radical (unpaired) electrons. The van der Waals surface area contributed by atoms with E-state index in [0.717, 1.165) is 5.56 Å². The third-order valence-corrected chi connectivity index (χ3v) is 5.80. The van der Waals surface area contributed by atoms with Gasteiger partial charge in [0.15, 0.2) is 0 Å². The Labute approximate surface area is 165 Å². The number of benzene rings is 2. The van der Waals surface area contributed by atoms with E-state index in [1.54, 1.807) is 26.1 Å². The number of amides is 1. The minimum absolute atomic E-state index is 0.0515. The van der Waals surface area contributed by atoms with Crippen LogP contribution in [0.5, 0.6) is 0 Å². The molecule has 0 spiro atoms. The van der Waals surface area contributed by atoms with Crippen molar-refractivity contribution in [2.45, 2.75) is 24.8 Å². The van der Waals surface area contributed by atoms with Gasteiger partial charge in [-0.1, -0.05) is 36.4 Å². The van der Waals surface area contributed by atoms with Gasteiger partial charge in [-0.15, -0.1) is 0 Å². The van der Waals surface area contributed by atoms with E-state index in [2.05, 4.69) is 9.46 Å². The Morgan fingerprint density at radius 1 is 1.11 bits per heavy atom. The standard InChI is InChI=1S/C20H24N2O5S/c1-15-9-10-17(20(24)22(2)12-11-19(23)27-3)13-18(15)28(25,26)21-14-16-7-5-4-6-8-16/h4-10,13,21H,11-12,14H2,1-3H3. The Kier molecular flexibility index (Phi) is 7.31. The van der Waals surface area contributed by atoms with E-state index < -0.39 is 16.0 Å². The minimum Gasteiger partial charge on any atom is -0.469 e. The number of sulfonamides is 1. The van der Waals surface area contributed by atoms with Crippen LogP contribution in [0.15, 0.2) is 53.4 Å². The smallest absolute Gasteiger partial charge is 0.307 e. The van der Waals surface area contributed by atoms with Crippen molar-refractivity contribution >= 4 is 21.9 Å². The fourth-order valence-electron chi connectivity index (χ4n) is 2.56. The first kappa shape index (κ1) is 21.6. The summed E-state index contributed by atoms with van der Waals surface area (Å²) in [6, 6.07) is 13.7. The summed E-state index contributed by atoms with van der Waals surface area (Å²) in [5.74, 6) is -0.791. The van der Waals surface area contributed by atoms with Gasteiger partial charge in [0.25, 0.3) is 5.91 Å². The lowest BCUT2D eigenvalue weighted by atomic mass is 10.1. The molecule has 8 heteroatoms. The summed E-state index contributed by atoms with van der Waals surface area (Å²) < 4.78 is 32.6. The van der Waals surface area contributed by atoms with E-state index in [1.165, 1.54) is 18.1 Å². The predicted molar refractivity (Wildman–Crippen MR) is 105 cm³/mol. The molecular formula is C20H24N2O5S. The molecule has 7 nitrogen and oxygen atoms in total. The molecule has 0 unspecified atom stereocenters. The van der Waals surface area contributed by atoms with Gasteiger partial charge in [0.05, 0.1) is 18.4 Å². The number of carbonyl (C=O) groups is 2. The molecule has 0 saturated carbocycles. The zero-order valence-corrected chi connectivity index (χ0v) is 17.0. The second-order valence-electron chi connectivity index (χ2n) is 6.34. The summed E-state index contributed by atoms with van der Waals surface area (Å²) in [4.78, 5) is 25.2. The summed E-state index contributed by atoms with van der Waals surface area (Å²) in [7, 11) is -0.965. The molecule has 28 heavy (non-hydrogen) atoms. The Balaban J connectivity index is 2.17. The maximum Gasteiger partial charge on any atom is 0.307 e. The number of hydrogen-bond donors (Lipinski definition) is 1. The van der Waals surface area contributed by atoms with Crippen LogP contribution in [0.2, 0.25) is 0 Å². The highest BCUT2D eigenvalue weighted by molar-refractivity contribution is 7.89. The zero-order valence-electron chi connectivity index (χ0n) is 16.1. The average molecular weight is 404 g/mol. The van der Waals surface area contributed by atoms with Gasteiger partial charge in [0.1, 0.15) is 0 Å². The average Bonchev–Trinajstić information content (AvgIpc) is 2.70. The Hall–Kier alpha value is -2.71. The van der Waals surface area contributed by atoms with Crippen molar-refractivity contribution in [3.63, 3.8) is 0 Å². The number of hydrogen-bond acceptors (Lipinski definition) is 5. The summed E-state index contributed by atoms with van der Waals surface area (Å²) in [6.45, 7) is 2.00. The fraction of sp³-hybridized carbons (Fsp3) is 0.300. The molecule has 0 aliphatic heterocycles. The molecule has 0 atom stereocenters. The molecule has 0 aromatic heterocycles. The van der Waals surface area contributed by atoms with Gasteiger partial charge in [-0.3, -0.25) is 9.59 Å². The van der Waals surface area contributed by atoms with E-state index in [-0.39, 0.29) is 35.9 Å². The lowest BCUT2D eigenvalue weighted by Crippen LogP contribution is -2.30. The lowest BCUT2D eigenvalue weighted by molar-refractivity contribution is -0.140. The van der Waals surface area contributed by atoms with E-state index in [4.69, 9.17) is 0 Å². The largest absolute Gasteiger partial charge is 0.469 e. The zero-order chi connectivity index (χ0) is 20.7. The van der Waals surface area contributed by atoms with E-state index >= 15 is 0 Å². The second-order valence-corrected chi connectivity index (χ2v) is 8.08. The second kappa shape index (κ2) is 9.48. The van der Waals surface area contributed by atoms with Gasteiger partial charge in [-0.25, -0.2) is 13.1 Å². The van der Waals surface area contributed by atoms with Crippen LogP contribution in [-0.2, 0) is 26.1 Å². The number of ether oxygens (including phenoxy) is 1. The van der Waals surface area contributed by atoms with Crippen LogP contribution in [-0.4, -0.2) is 45.9 Å². The highest BCUT2D eigenvalue weighted by atomic mass is 32.2. The molecule has 0 fully saturated rings. The molecule has 0 aliphatic carbocycles. The van der Waals surface area contributed by atoms with Crippen LogP contribution < -0.4 is 4.72 Å². The van der Waals surface area contributed by atoms with Crippen molar-refractivity contribution in [3.05, 3.63) is 65.2 Å². The monoisotopic (exact) mass is 404 g/mol. The summed E-state index contributed by atoms with van der Waals surface area (Å²) in [5.41, 5.74) is 1.60. The van der Waals surface area contributed by atoms with Gasteiger partial charge in [-0.2, -0.15) is 0 Å². The molecule has 2 rings (SSSR count). The van der Waals surface area contributed by atoms with Crippen molar-refractivity contribution in [1.29, 1.82) is 0 Å². The van der Waals surface area contributed by atoms with Crippen LogP contribution in [0.25, 0.3) is 0 Å². The third-order valence-electron chi connectivity index (χ3n) is 4.26. The fourth-order valence-corrected chi connectivity index (χ4v) is 3.84. The molecule has 0 aliphatic rings. The van der Waals surface area contributed by atoms with Crippen molar-refractivity contribution < 1.29 is 22.7 Å². The first-order valence-electron chi connectivity index (χ1n) is 8.71. The van der Waals surface area contributed by atoms with Crippen LogP contribution in [0, 0.1) is 6.92 Å². The van der Waals surface area contributed by atoms with E-state index in [1.807, 2.05) is 30.3 Å². The van der Waals surface area contributed by atoms with Crippen molar-refractivity contribution in [2.24, 2.45) is 0 Å². The van der Waals surface area contributed by atoms with Crippen LogP contribution in [0.4, 0.5) is 0 Å². The summed E-state index contributed by atoms with van der Waals surface area (Å²) in [6.07, 6.45) is 0.0639. The van der Waals surface area contributed by atoms with Gasteiger partial charge in [0, 0.05) is 25.7 Å². The number of esters is 1. The van der Waals surface area contributed by atoms with E-state index in [0.29, 0.717) is 5.56 Å². The number of nitrogens with one attached hydrogen (secondary N) is 1. The topological polar surface area (TPSA) is 92.8 Å². The molecule has 1 amide bonds. The highest BCUT2D eigenvalue weighted by Gasteiger charge is 2.20. The van der Waals surface area contributed by atoms with Gasteiger partial charge in [-0.05, 0) is 30.2 Å². The molecule has 2 aromatic carbocycles. The van der Waals surface area contributed by atoms with Crippen LogP contribution >= 0.6 is 0 Å².